The normalized spacial score (nSPS) is 11.7. The minimum atomic E-state index is -0.795. The molecule has 256 valence electrons. The van der Waals surface area contributed by atoms with Gasteiger partial charge in [0.05, 0.1) is 17.7 Å². The van der Waals surface area contributed by atoms with Gasteiger partial charge in [0, 0.05) is 0 Å². The van der Waals surface area contributed by atoms with E-state index in [1.54, 1.807) is 12.1 Å². The van der Waals surface area contributed by atoms with Crippen LogP contribution in [0.4, 0.5) is 4.39 Å². The van der Waals surface area contributed by atoms with Crippen LogP contribution >= 0.6 is 0 Å². The van der Waals surface area contributed by atoms with Crippen molar-refractivity contribution in [2.45, 2.75) is 130 Å². The summed E-state index contributed by atoms with van der Waals surface area (Å²) in [6.07, 6.45) is 18.7. The van der Waals surface area contributed by atoms with Crippen molar-refractivity contribution < 1.29 is 28.2 Å². The molecule has 1 atom stereocenters. The minimum absolute atomic E-state index is 0.0916. The molecular weight excluding hydrogens is 591 g/mol. The quantitative estimate of drug-likeness (QED) is 0.0583. The largest absolute Gasteiger partial charge is 0.494 e. The number of esters is 2. The van der Waals surface area contributed by atoms with E-state index in [1.807, 2.05) is 43.3 Å². The predicted molar refractivity (Wildman–Crippen MR) is 189 cm³/mol. The first-order valence-electron chi connectivity index (χ1n) is 18.0. The fraction of sp³-hybridized carbons (Fsp3) is 0.512. The van der Waals surface area contributed by atoms with E-state index in [0.717, 1.165) is 68.1 Å². The molecule has 0 aromatic heterocycles. The summed E-state index contributed by atoms with van der Waals surface area (Å²) in [5.74, 6) is -1.45. The number of carbonyl (C=O) groups excluding carboxylic acids is 2. The molecule has 0 aliphatic rings. The molecule has 3 aromatic rings. The maximum absolute atomic E-state index is 14.8. The van der Waals surface area contributed by atoms with Gasteiger partial charge in [0.1, 0.15) is 11.9 Å². The summed E-state index contributed by atoms with van der Waals surface area (Å²) in [4.78, 5) is 25.4. The molecule has 0 aliphatic heterocycles. The lowest BCUT2D eigenvalue weighted by atomic mass is 10.0. The molecule has 47 heavy (non-hydrogen) atoms. The highest BCUT2D eigenvalue weighted by Gasteiger charge is 2.18. The number of rotatable bonds is 23. The molecule has 0 N–H and O–H groups in total. The van der Waals surface area contributed by atoms with E-state index in [2.05, 4.69) is 13.8 Å². The topological polar surface area (TPSA) is 61.8 Å². The van der Waals surface area contributed by atoms with E-state index in [9.17, 15) is 14.0 Å². The van der Waals surface area contributed by atoms with Crippen molar-refractivity contribution >= 4 is 11.9 Å². The molecule has 3 rings (SSSR count). The molecule has 0 heterocycles. The molecule has 3 aromatic carbocycles. The molecule has 0 unspecified atom stereocenters. The van der Waals surface area contributed by atoms with Crippen LogP contribution < -0.4 is 9.47 Å². The van der Waals surface area contributed by atoms with E-state index in [0.29, 0.717) is 12.0 Å². The Bertz CT molecular complexity index is 1320. The van der Waals surface area contributed by atoms with E-state index in [1.165, 1.54) is 69.9 Å². The second-order valence-electron chi connectivity index (χ2n) is 12.5. The van der Waals surface area contributed by atoms with Crippen molar-refractivity contribution in [3.05, 3.63) is 83.7 Å². The van der Waals surface area contributed by atoms with E-state index >= 15 is 0 Å². The van der Waals surface area contributed by atoms with Gasteiger partial charge in [-0.2, -0.15) is 0 Å². The number of benzene rings is 3. The zero-order valence-electron chi connectivity index (χ0n) is 28.9. The Labute approximate surface area is 282 Å². The fourth-order valence-electron chi connectivity index (χ4n) is 5.56. The maximum atomic E-state index is 14.8. The first kappa shape index (κ1) is 37.8. The van der Waals surface area contributed by atoms with Gasteiger partial charge in [-0.25, -0.2) is 14.0 Å². The molecule has 0 aliphatic carbocycles. The number of carbonyl (C=O) groups is 2. The first-order valence-corrected chi connectivity index (χ1v) is 18.0. The van der Waals surface area contributed by atoms with Crippen LogP contribution in [-0.2, 0) is 4.74 Å². The zero-order chi connectivity index (χ0) is 33.7. The van der Waals surface area contributed by atoms with Gasteiger partial charge in [0.25, 0.3) is 0 Å². The fourth-order valence-corrected chi connectivity index (χ4v) is 5.56. The highest BCUT2D eigenvalue weighted by molar-refractivity contribution is 5.92. The number of ether oxygens (including phenoxy) is 3. The number of unbranched alkanes of at least 4 members (excludes halogenated alkanes) is 12. The van der Waals surface area contributed by atoms with Gasteiger partial charge in [-0.1, -0.05) is 122 Å². The third-order valence-corrected chi connectivity index (χ3v) is 8.55. The van der Waals surface area contributed by atoms with Crippen molar-refractivity contribution in [1.29, 1.82) is 0 Å². The second-order valence-corrected chi connectivity index (χ2v) is 12.5. The van der Waals surface area contributed by atoms with Crippen molar-refractivity contribution in [1.82, 2.24) is 0 Å². The Kier molecular flexibility index (Phi) is 17.7. The second kappa shape index (κ2) is 22.0. The molecule has 0 spiro atoms. The van der Waals surface area contributed by atoms with Crippen LogP contribution in [0.2, 0.25) is 0 Å². The third-order valence-electron chi connectivity index (χ3n) is 8.55. The first-order chi connectivity index (χ1) is 22.9. The van der Waals surface area contributed by atoms with E-state index in [4.69, 9.17) is 14.2 Å². The molecular formula is C41H55FO5. The maximum Gasteiger partial charge on any atom is 0.343 e. The van der Waals surface area contributed by atoms with Gasteiger partial charge in [-0.05, 0) is 79.3 Å². The summed E-state index contributed by atoms with van der Waals surface area (Å²) < 4.78 is 31.7. The van der Waals surface area contributed by atoms with E-state index in [-0.39, 0.29) is 17.4 Å². The molecule has 5 nitrogen and oxygen atoms in total. The van der Waals surface area contributed by atoms with Crippen LogP contribution in [0, 0.1) is 5.82 Å². The third kappa shape index (κ3) is 13.9. The van der Waals surface area contributed by atoms with Gasteiger partial charge >= 0.3 is 11.9 Å². The summed E-state index contributed by atoms with van der Waals surface area (Å²) >= 11 is 0. The lowest BCUT2D eigenvalue weighted by Crippen LogP contribution is -2.18. The zero-order valence-corrected chi connectivity index (χ0v) is 28.9. The monoisotopic (exact) mass is 646 g/mol. The summed E-state index contributed by atoms with van der Waals surface area (Å²) in [5, 5.41) is 0. The van der Waals surface area contributed by atoms with Crippen LogP contribution in [0.25, 0.3) is 11.1 Å². The molecule has 0 saturated carbocycles. The lowest BCUT2D eigenvalue weighted by Gasteiger charge is -2.16. The Morgan fingerprint density at radius 3 is 1.72 bits per heavy atom. The van der Waals surface area contributed by atoms with Gasteiger partial charge in [0.15, 0.2) is 11.6 Å². The Balaban J connectivity index is 1.42. The molecule has 0 amide bonds. The summed E-state index contributed by atoms with van der Waals surface area (Å²) in [5.41, 5.74) is 2.32. The highest BCUT2D eigenvalue weighted by atomic mass is 19.1. The Morgan fingerprint density at radius 1 is 0.617 bits per heavy atom. The lowest BCUT2D eigenvalue weighted by molar-refractivity contribution is 0.0266. The Morgan fingerprint density at radius 2 is 1.15 bits per heavy atom. The highest BCUT2D eigenvalue weighted by Crippen LogP contribution is 2.25. The van der Waals surface area contributed by atoms with Crippen LogP contribution in [0.3, 0.4) is 0 Å². The number of halogens is 1. The standard InChI is InChI=1S/C41H55FO5/c1-4-7-9-11-12-13-14-15-16-18-30-45-37-27-24-33(25-28-37)32-20-22-34(23-21-32)40(43)47-39-29-26-35(31-38(39)42)41(44)46-36(6-3)19-17-10-8-5-2/h20-29,31,36H,4-19,30H2,1-3H3/t36-/m1/s1. The van der Waals surface area contributed by atoms with Crippen molar-refractivity contribution in [3.63, 3.8) is 0 Å². The van der Waals surface area contributed by atoms with Gasteiger partial charge in [-0.3, -0.25) is 0 Å². The average molecular weight is 647 g/mol. The van der Waals surface area contributed by atoms with Crippen molar-refractivity contribution in [2.75, 3.05) is 6.61 Å². The predicted octanol–water partition coefficient (Wildman–Crippen LogP) is 11.9. The van der Waals surface area contributed by atoms with E-state index < -0.39 is 17.8 Å². The van der Waals surface area contributed by atoms with Crippen molar-refractivity contribution in [3.8, 4) is 22.6 Å². The minimum Gasteiger partial charge on any atom is -0.494 e. The molecule has 0 bridgehead atoms. The molecule has 0 fully saturated rings. The average Bonchev–Trinajstić information content (AvgIpc) is 3.09. The molecule has 0 saturated heterocycles. The molecule has 6 heteroatoms. The van der Waals surface area contributed by atoms with Crippen LogP contribution in [0.5, 0.6) is 11.5 Å². The summed E-state index contributed by atoms with van der Waals surface area (Å²) in [7, 11) is 0. The van der Waals surface area contributed by atoms with Crippen LogP contribution in [0.1, 0.15) is 144 Å². The van der Waals surface area contributed by atoms with Gasteiger partial charge in [0.2, 0.25) is 0 Å². The van der Waals surface area contributed by atoms with Crippen molar-refractivity contribution in [2.24, 2.45) is 0 Å². The summed E-state index contributed by atoms with van der Waals surface area (Å²) in [6.45, 7) is 7.10. The number of hydrogen-bond donors (Lipinski definition) is 0. The van der Waals surface area contributed by atoms with Gasteiger partial charge in [-0.15, -0.1) is 0 Å². The van der Waals surface area contributed by atoms with Crippen LogP contribution in [-0.4, -0.2) is 24.6 Å². The van der Waals surface area contributed by atoms with Crippen LogP contribution in [0.15, 0.2) is 66.7 Å². The van der Waals surface area contributed by atoms with Gasteiger partial charge < -0.3 is 14.2 Å². The Hall–Kier alpha value is -3.67. The molecule has 0 radical (unpaired) electrons. The SMILES string of the molecule is CCCCCCCCCCCCOc1ccc(-c2ccc(C(=O)Oc3ccc(C(=O)O[C@H](CC)CCCCCC)cc3F)cc2)cc1. The summed E-state index contributed by atoms with van der Waals surface area (Å²) in [6, 6.07) is 18.7. The smallest absolute Gasteiger partial charge is 0.343 e. The number of hydrogen-bond acceptors (Lipinski definition) is 5.